The van der Waals surface area contributed by atoms with E-state index >= 15 is 0 Å². The van der Waals surface area contributed by atoms with Crippen LogP contribution in [0.5, 0.6) is 11.5 Å². The number of para-hydroxylation sites is 1. The Morgan fingerprint density at radius 3 is 2.59 bits per heavy atom. The fourth-order valence-electron chi connectivity index (χ4n) is 1.41. The van der Waals surface area contributed by atoms with Gasteiger partial charge < -0.3 is 9.47 Å². The van der Waals surface area contributed by atoms with E-state index in [1.165, 1.54) is 18.2 Å². The predicted molar refractivity (Wildman–Crippen MR) is 58.9 cm³/mol. The first-order valence-corrected chi connectivity index (χ1v) is 5.33. The maximum absolute atomic E-state index is 12.2. The van der Waals surface area contributed by atoms with Crippen LogP contribution in [-0.4, -0.2) is 19.0 Å². The normalized spacial score (nSPS) is 10.4. The lowest BCUT2D eigenvalue weighted by molar-refractivity contribution is -0.0515. The topological polar surface area (TPSA) is 35.5 Å². The van der Waals surface area contributed by atoms with Crippen LogP contribution in [0.15, 0.2) is 18.2 Å². The molecule has 0 radical (unpaired) electrons. The molecular weight excluding hydrogens is 230 g/mol. The Morgan fingerprint density at radius 1 is 1.35 bits per heavy atom. The summed E-state index contributed by atoms with van der Waals surface area (Å²) in [6.07, 6.45) is 0.276. The highest BCUT2D eigenvalue weighted by Gasteiger charge is 2.18. The van der Waals surface area contributed by atoms with Crippen LogP contribution in [0.3, 0.4) is 0 Å². The van der Waals surface area contributed by atoms with Crippen molar-refractivity contribution in [1.29, 1.82) is 0 Å². The molecule has 0 amide bonds. The summed E-state index contributed by atoms with van der Waals surface area (Å²) in [5, 5.41) is 0. The summed E-state index contributed by atoms with van der Waals surface area (Å²) in [6, 6.07) is 4.38. The number of hydrogen-bond donors (Lipinski definition) is 0. The molecule has 0 unspecified atom stereocenters. The number of alkyl halides is 2. The maximum Gasteiger partial charge on any atom is 0.387 e. The largest absolute Gasteiger partial charge is 0.489 e. The van der Waals surface area contributed by atoms with Crippen molar-refractivity contribution in [2.45, 2.75) is 26.9 Å². The number of hydrogen-bond acceptors (Lipinski definition) is 3. The van der Waals surface area contributed by atoms with Crippen LogP contribution in [0.2, 0.25) is 0 Å². The number of ketones is 1. The molecule has 0 fully saturated rings. The molecule has 0 spiro atoms. The number of benzene rings is 1. The second-order valence-electron chi connectivity index (χ2n) is 3.22. The summed E-state index contributed by atoms with van der Waals surface area (Å²) in [5.41, 5.74) is 0.271. The molecule has 0 saturated carbocycles. The number of Topliss-reactive ketones (excluding diaryl/α,β-unsaturated/α-hetero) is 1. The van der Waals surface area contributed by atoms with Gasteiger partial charge in [-0.05, 0) is 19.1 Å². The van der Waals surface area contributed by atoms with E-state index in [0.717, 1.165) is 0 Å². The summed E-state index contributed by atoms with van der Waals surface area (Å²) < 4.78 is 33.9. The molecule has 94 valence electrons. The van der Waals surface area contributed by atoms with E-state index in [1.54, 1.807) is 13.8 Å². The predicted octanol–water partition coefficient (Wildman–Crippen LogP) is 3.28. The molecule has 0 saturated heterocycles. The van der Waals surface area contributed by atoms with Gasteiger partial charge in [0, 0.05) is 6.42 Å². The lowest BCUT2D eigenvalue weighted by Crippen LogP contribution is -2.08. The van der Waals surface area contributed by atoms with Crippen LogP contribution in [0, 0.1) is 0 Å². The molecule has 0 atom stereocenters. The summed E-state index contributed by atoms with van der Waals surface area (Å²) in [7, 11) is 0. The summed E-state index contributed by atoms with van der Waals surface area (Å²) in [5.74, 6) is -0.198. The fraction of sp³-hybridized carbons (Fsp3) is 0.417. The lowest BCUT2D eigenvalue weighted by atomic mass is 10.1. The van der Waals surface area contributed by atoms with Crippen molar-refractivity contribution in [3.63, 3.8) is 0 Å². The Balaban J connectivity index is 3.16. The number of carbonyl (C=O) groups is 1. The molecular formula is C12H14F2O3. The molecule has 1 aromatic carbocycles. The number of carbonyl (C=O) groups excluding carboxylic acids is 1. The SMILES string of the molecule is CCOc1c(OC(F)F)cccc1C(=O)CC. The average Bonchev–Trinajstić information content (AvgIpc) is 2.30. The Morgan fingerprint density at radius 2 is 2.06 bits per heavy atom. The van der Waals surface area contributed by atoms with Crippen molar-refractivity contribution in [3.8, 4) is 11.5 Å². The third-order valence-corrected chi connectivity index (χ3v) is 2.11. The molecule has 0 aliphatic heterocycles. The Kier molecular flexibility index (Phi) is 4.87. The van der Waals surface area contributed by atoms with Crippen molar-refractivity contribution < 1.29 is 23.0 Å². The summed E-state index contributed by atoms with van der Waals surface area (Å²) >= 11 is 0. The zero-order chi connectivity index (χ0) is 12.8. The molecule has 3 nitrogen and oxygen atoms in total. The maximum atomic E-state index is 12.2. The third-order valence-electron chi connectivity index (χ3n) is 2.11. The standard InChI is InChI=1S/C12H14F2O3/c1-3-9(15)8-6-5-7-10(17-12(13)14)11(8)16-4-2/h5-7,12H,3-4H2,1-2H3. The van der Waals surface area contributed by atoms with Crippen molar-refractivity contribution in [2.75, 3.05) is 6.61 Å². The number of ether oxygens (including phenoxy) is 2. The van der Waals surface area contributed by atoms with Crippen molar-refractivity contribution in [2.24, 2.45) is 0 Å². The monoisotopic (exact) mass is 244 g/mol. The van der Waals surface area contributed by atoms with Crippen molar-refractivity contribution in [3.05, 3.63) is 23.8 Å². The molecule has 17 heavy (non-hydrogen) atoms. The van der Waals surface area contributed by atoms with Gasteiger partial charge in [-0.1, -0.05) is 13.0 Å². The lowest BCUT2D eigenvalue weighted by Gasteiger charge is -2.14. The Labute approximate surface area is 98.3 Å². The first kappa shape index (κ1) is 13.4. The molecule has 0 N–H and O–H groups in total. The van der Waals surface area contributed by atoms with Crippen LogP contribution in [0.1, 0.15) is 30.6 Å². The second kappa shape index (κ2) is 6.18. The Bertz CT molecular complexity index is 391. The van der Waals surface area contributed by atoms with Crippen molar-refractivity contribution >= 4 is 5.78 Å². The van der Waals surface area contributed by atoms with Gasteiger partial charge in [0.05, 0.1) is 12.2 Å². The summed E-state index contributed by atoms with van der Waals surface area (Å²) in [6.45, 7) is 0.729. The van der Waals surface area contributed by atoms with Gasteiger partial charge in [0.2, 0.25) is 0 Å². The first-order valence-electron chi connectivity index (χ1n) is 5.33. The van der Waals surface area contributed by atoms with E-state index in [4.69, 9.17) is 4.74 Å². The van der Waals surface area contributed by atoms with Gasteiger partial charge in [-0.3, -0.25) is 4.79 Å². The average molecular weight is 244 g/mol. The fourth-order valence-corrected chi connectivity index (χ4v) is 1.41. The minimum absolute atomic E-state index is 0.0853. The van der Waals surface area contributed by atoms with Gasteiger partial charge in [0.15, 0.2) is 17.3 Å². The van der Waals surface area contributed by atoms with Gasteiger partial charge in [0.25, 0.3) is 0 Å². The highest BCUT2D eigenvalue weighted by atomic mass is 19.3. The van der Waals surface area contributed by atoms with Crippen LogP contribution in [0.4, 0.5) is 8.78 Å². The molecule has 5 heteroatoms. The van der Waals surface area contributed by atoms with Crippen molar-refractivity contribution in [1.82, 2.24) is 0 Å². The van der Waals surface area contributed by atoms with Gasteiger partial charge in [0.1, 0.15) is 0 Å². The zero-order valence-electron chi connectivity index (χ0n) is 9.70. The zero-order valence-corrected chi connectivity index (χ0v) is 9.70. The first-order chi connectivity index (χ1) is 8.10. The molecule has 1 rings (SSSR count). The number of halogens is 2. The van der Waals surface area contributed by atoms with Gasteiger partial charge >= 0.3 is 6.61 Å². The molecule has 0 aromatic heterocycles. The van der Waals surface area contributed by atoms with E-state index in [2.05, 4.69) is 4.74 Å². The minimum Gasteiger partial charge on any atom is -0.489 e. The van der Waals surface area contributed by atoms with E-state index in [-0.39, 0.29) is 35.9 Å². The minimum atomic E-state index is -2.94. The third kappa shape index (κ3) is 3.41. The quantitative estimate of drug-likeness (QED) is 0.720. The van der Waals surface area contributed by atoms with Crippen LogP contribution in [-0.2, 0) is 0 Å². The van der Waals surface area contributed by atoms with Gasteiger partial charge in [-0.15, -0.1) is 0 Å². The van der Waals surface area contributed by atoms with Crippen LogP contribution >= 0.6 is 0 Å². The molecule has 1 aromatic rings. The van der Waals surface area contributed by atoms with E-state index in [0.29, 0.717) is 0 Å². The van der Waals surface area contributed by atoms with Gasteiger partial charge in [-0.25, -0.2) is 0 Å². The smallest absolute Gasteiger partial charge is 0.387 e. The van der Waals surface area contributed by atoms with E-state index in [1.807, 2.05) is 0 Å². The van der Waals surface area contributed by atoms with Crippen LogP contribution in [0.25, 0.3) is 0 Å². The summed E-state index contributed by atoms with van der Waals surface area (Å²) in [4.78, 5) is 11.6. The second-order valence-corrected chi connectivity index (χ2v) is 3.22. The highest BCUT2D eigenvalue weighted by Crippen LogP contribution is 2.33. The highest BCUT2D eigenvalue weighted by molar-refractivity contribution is 5.99. The van der Waals surface area contributed by atoms with Crippen LogP contribution < -0.4 is 9.47 Å². The molecule has 0 aliphatic rings. The molecule has 0 heterocycles. The molecule has 0 bridgehead atoms. The molecule has 0 aliphatic carbocycles. The Hall–Kier alpha value is -1.65. The van der Waals surface area contributed by atoms with E-state index < -0.39 is 6.61 Å². The van der Waals surface area contributed by atoms with E-state index in [9.17, 15) is 13.6 Å². The number of rotatable bonds is 6. The van der Waals surface area contributed by atoms with Gasteiger partial charge in [-0.2, -0.15) is 8.78 Å².